The number of rotatable bonds is 8. The molecule has 0 unspecified atom stereocenters. The summed E-state index contributed by atoms with van der Waals surface area (Å²) in [6.07, 6.45) is 3.70. The highest BCUT2D eigenvalue weighted by Gasteiger charge is 2.42. The van der Waals surface area contributed by atoms with Crippen LogP contribution < -0.4 is 20.3 Å². The van der Waals surface area contributed by atoms with Gasteiger partial charge in [0.05, 0.1) is 35.2 Å². The summed E-state index contributed by atoms with van der Waals surface area (Å²) in [7, 11) is 3.01. The van der Waals surface area contributed by atoms with Gasteiger partial charge in [0, 0.05) is 35.9 Å². The van der Waals surface area contributed by atoms with E-state index in [1.807, 2.05) is 64.2 Å². The summed E-state index contributed by atoms with van der Waals surface area (Å²) < 4.78 is 12.5. The Morgan fingerprint density at radius 3 is 2.67 bits per heavy atom. The molecular formula is C28H25Cl2N5O3S. The highest BCUT2D eigenvalue weighted by molar-refractivity contribution is 7.80. The Bertz CT molecular complexity index is 1510. The van der Waals surface area contributed by atoms with Gasteiger partial charge in [0.1, 0.15) is 18.4 Å². The van der Waals surface area contributed by atoms with E-state index in [0.717, 1.165) is 22.8 Å². The molecule has 2 aromatic carbocycles. The molecule has 4 aromatic rings. The van der Waals surface area contributed by atoms with Crippen molar-refractivity contribution in [3.63, 3.8) is 0 Å². The molecule has 1 amide bonds. The summed E-state index contributed by atoms with van der Waals surface area (Å²) in [5.74, 6) is 0.208. The average Bonchev–Trinajstić information content (AvgIpc) is 3.53. The number of thiocarbonyl (C=S) groups is 1. The number of halogens is 2. The van der Waals surface area contributed by atoms with Crippen LogP contribution in [-0.2, 0) is 9.53 Å². The maximum Gasteiger partial charge on any atom is 0.250 e. The summed E-state index contributed by atoms with van der Waals surface area (Å²) >= 11 is 18.7. The highest BCUT2D eigenvalue weighted by atomic mass is 35.5. The Morgan fingerprint density at radius 2 is 1.95 bits per heavy atom. The number of methoxy groups -OCH3 is 2. The fourth-order valence-electron chi connectivity index (χ4n) is 4.73. The lowest BCUT2D eigenvalue weighted by molar-refractivity contribution is -0.119. The monoisotopic (exact) mass is 581 g/mol. The van der Waals surface area contributed by atoms with E-state index in [2.05, 4.69) is 15.6 Å². The second-order valence-electron chi connectivity index (χ2n) is 8.76. The Hall–Kier alpha value is -3.63. The van der Waals surface area contributed by atoms with E-state index in [0.29, 0.717) is 26.6 Å². The third-order valence-corrected chi connectivity index (χ3v) is 7.21. The number of benzene rings is 2. The van der Waals surface area contributed by atoms with E-state index in [1.54, 1.807) is 31.5 Å². The smallest absolute Gasteiger partial charge is 0.250 e. The zero-order valence-electron chi connectivity index (χ0n) is 21.1. The predicted octanol–water partition coefficient (Wildman–Crippen LogP) is 5.95. The van der Waals surface area contributed by atoms with Crippen molar-refractivity contribution in [2.24, 2.45) is 0 Å². The first kappa shape index (κ1) is 27.0. The molecule has 5 rings (SSSR count). The highest BCUT2D eigenvalue weighted by Crippen LogP contribution is 2.44. The van der Waals surface area contributed by atoms with E-state index >= 15 is 0 Å². The number of hydrogen-bond acceptors (Lipinski definition) is 5. The van der Waals surface area contributed by atoms with Crippen LogP contribution in [0.5, 0.6) is 5.75 Å². The summed E-state index contributed by atoms with van der Waals surface area (Å²) in [6.45, 7) is -0.0865. The Labute approximate surface area is 241 Å². The van der Waals surface area contributed by atoms with Crippen LogP contribution in [0.3, 0.4) is 0 Å². The fourth-order valence-corrected chi connectivity index (χ4v) is 5.57. The minimum Gasteiger partial charge on any atom is -0.495 e. The van der Waals surface area contributed by atoms with Gasteiger partial charge in [-0.1, -0.05) is 29.3 Å². The van der Waals surface area contributed by atoms with Crippen LogP contribution in [-0.4, -0.2) is 41.4 Å². The molecule has 0 radical (unpaired) electrons. The summed E-state index contributed by atoms with van der Waals surface area (Å²) in [4.78, 5) is 19.0. The van der Waals surface area contributed by atoms with Crippen LogP contribution in [0, 0.1) is 0 Å². The van der Waals surface area contributed by atoms with Crippen molar-refractivity contribution in [2.45, 2.75) is 12.1 Å². The van der Waals surface area contributed by atoms with E-state index < -0.39 is 0 Å². The van der Waals surface area contributed by atoms with Crippen LogP contribution in [0.4, 0.5) is 11.4 Å². The van der Waals surface area contributed by atoms with Crippen molar-refractivity contribution in [1.29, 1.82) is 0 Å². The lowest BCUT2D eigenvalue weighted by atomic mass is 10.0. The number of ether oxygens (including phenoxy) is 2. The molecule has 2 atom stereocenters. The van der Waals surface area contributed by atoms with Crippen molar-refractivity contribution in [3.05, 3.63) is 101 Å². The van der Waals surface area contributed by atoms with Gasteiger partial charge in [0.25, 0.3) is 0 Å². The molecule has 39 heavy (non-hydrogen) atoms. The normalized spacial score (nSPS) is 16.7. The third kappa shape index (κ3) is 5.44. The van der Waals surface area contributed by atoms with Crippen molar-refractivity contribution in [2.75, 3.05) is 31.0 Å². The molecule has 0 aliphatic carbocycles. The van der Waals surface area contributed by atoms with Crippen LogP contribution in [0.15, 0.2) is 79.1 Å². The molecule has 0 bridgehead atoms. The quantitative estimate of drug-likeness (QED) is 0.249. The number of pyridine rings is 1. The first-order valence-electron chi connectivity index (χ1n) is 12.0. The molecule has 1 aliphatic heterocycles. The maximum atomic E-state index is 12.3. The minimum atomic E-state index is -0.329. The Morgan fingerprint density at radius 1 is 1.10 bits per heavy atom. The van der Waals surface area contributed by atoms with E-state index in [-0.39, 0.29) is 24.6 Å². The summed E-state index contributed by atoms with van der Waals surface area (Å²) in [5, 5.41) is 7.89. The molecular weight excluding hydrogens is 557 g/mol. The lowest BCUT2D eigenvalue weighted by Crippen LogP contribution is -2.30. The fraction of sp³-hybridized carbons (Fsp3) is 0.179. The number of amides is 1. The molecule has 11 heteroatoms. The van der Waals surface area contributed by atoms with Crippen molar-refractivity contribution < 1.29 is 14.3 Å². The molecule has 0 saturated carbocycles. The van der Waals surface area contributed by atoms with Crippen LogP contribution >= 0.6 is 35.4 Å². The third-order valence-electron chi connectivity index (χ3n) is 6.36. The molecule has 0 spiro atoms. The van der Waals surface area contributed by atoms with Gasteiger partial charge < -0.3 is 29.6 Å². The van der Waals surface area contributed by atoms with Gasteiger partial charge in [0.15, 0.2) is 5.11 Å². The molecule has 1 fully saturated rings. The van der Waals surface area contributed by atoms with Gasteiger partial charge >= 0.3 is 0 Å². The van der Waals surface area contributed by atoms with Crippen molar-refractivity contribution >= 4 is 57.8 Å². The lowest BCUT2D eigenvalue weighted by Gasteiger charge is -2.29. The summed E-state index contributed by atoms with van der Waals surface area (Å²) in [6, 6.07) is 20.1. The van der Waals surface area contributed by atoms with Crippen molar-refractivity contribution in [1.82, 2.24) is 14.9 Å². The first-order valence-corrected chi connectivity index (χ1v) is 13.2. The number of nitrogens with zero attached hydrogens (tertiary/aromatic N) is 3. The molecule has 1 saturated heterocycles. The maximum absolute atomic E-state index is 12.3. The van der Waals surface area contributed by atoms with Crippen LogP contribution in [0.1, 0.15) is 23.5 Å². The van der Waals surface area contributed by atoms with Crippen molar-refractivity contribution in [3.8, 4) is 11.4 Å². The number of anilines is 2. The number of aromatic nitrogens is 2. The molecule has 2 N–H and O–H groups in total. The van der Waals surface area contributed by atoms with Gasteiger partial charge in [-0.15, -0.1) is 0 Å². The van der Waals surface area contributed by atoms with E-state index in [4.69, 9.17) is 44.9 Å². The number of carbonyl (C=O) groups excluding carboxylic acids is 1. The summed E-state index contributed by atoms with van der Waals surface area (Å²) in [5.41, 5.74) is 3.77. The Kier molecular flexibility index (Phi) is 8.04. The van der Waals surface area contributed by atoms with Gasteiger partial charge in [-0.3, -0.25) is 9.78 Å². The second-order valence-corrected chi connectivity index (χ2v) is 9.99. The zero-order valence-corrected chi connectivity index (χ0v) is 23.4. The van der Waals surface area contributed by atoms with Gasteiger partial charge in [-0.05, 0) is 72.9 Å². The topological polar surface area (TPSA) is 80.7 Å². The molecule has 3 heterocycles. The Balaban J connectivity index is 1.64. The SMILES string of the molecule is COCC(=O)Nc1cc(N2C(=S)N[C@@H](c3ccccn3)[C@@H]2c2cccn2-c2ccc(Cl)cc2Cl)ccc1OC. The van der Waals surface area contributed by atoms with Gasteiger partial charge in [-0.2, -0.15) is 0 Å². The van der Waals surface area contributed by atoms with Crippen LogP contribution in [0.25, 0.3) is 5.69 Å². The second kappa shape index (κ2) is 11.6. The molecule has 8 nitrogen and oxygen atoms in total. The van der Waals surface area contributed by atoms with Gasteiger partial charge in [0.2, 0.25) is 5.91 Å². The molecule has 1 aliphatic rings. The van der Waals surface area contributed by atoms with Crippen LogP contribution in [0.2, 0.25) is 10.0 Å². The van der Waals surface area contributed by atoms with E-state index in [1.165, 1.54) is 7.11 Å². The van der Waals surface area contributed by atoms with Gasteiger partial charge in [-0.25, -0.2) is 0 Å². The minimum absolute atomic E-state index is 0.0865. The number of hydrogen-bond donors (Lipinski definition) is 2. The van der Waals surface area contributed by atoms with E-state index in [9.17, 15) is 4.79 Å². The number of carbonyl (C=O) groups is 1. The largest absolute Gasteiger partial charge is 0.495 e. The molecule has 2 aromatic heterocycles. The molecule has 200 valence electrons. The average molecular weight is 583 g/mol. The first-order chi connectivity index (χ1) is 18.9. The predicted molar refractivity (Wildman–Crippen MR) is 157 cm³/mol. The number of nitrogens with one attached hydrogen (secondary N) is 2. The zero-order chi connectivity index (χ0) is 27.5. The standard InChI is InChI=1S/C28H25Cl2N5O3S/c1-37-16-25(36)32-21-15-18(9-11-24(21)38-2)35-27(26(33-28(35)39)20-6-3-4-12-31-20)23-7-5-13-34(23)22-10-8-17(29)14-19(22)30/h3-15,26-27H,16H2,1-2H3,(H,32,36)(H,33,39)/t26-,27-/m0/s1.